The zero-order chi connectivity index (χ0) is 17.4. The Morgan fingerprint density at radius 3 is 2.72 bits per heavy atom. The Kier molecular flexibility index (Phi) is 4.25. The largest absolute Gasteiger partial charge is 0.871 e. The zero-order valence-corrected chi connectivity index (χ0v) is 14.8. The second kappa shape index (κ2) is 6.55. The van der Waals surface area contributed by atoms with Crippen LogP contribution < -0.4 is 5.11 Å². The highest BCUT2D eigenvalue weighted by atomic mass is 32.1. The van der Waals surface area contributed by atoms with Crippen LogP contribution in [0.15, 0.2) is 75.7 Å². The van der Waals surface area contributed by atoms with Crippen LogP contribution in [-0.4, -0.2) is 22.7 Å². The van der Waals surface area contributed by atoms with Crippen LogP contribution in [0.3, 0.4) is 0 Å². The summed E-state index contributed by atoms with van der Waals surface area (Å²) >= 11 is 3.12. The van der Waals surface area contributed by atoms with Gasteiger partial charge >= 0.3 is 0 Å². The molecule has 1 atom stereocenters. The average molecular weight is 369 g/mol. The fraction of sp³-hybridized carbons (Fsp3) is 0.158. The van der Waals surface area contributed by atoms with Crippen molar-refractivity contribution < 1.29 is 15.3 Å². The van der Waals surface area contributed by atoms with Crippen LogP contribution in [0.5, 0.6) is 0 Å². The predicted molar refractivity (Wildman–Crippen MR) is 96.9 cm³/mol. The summed E-state index contributed by atoms with van der Waals surface area (Å²) in [4.78, 5) is 3.65. The summed E-state index contributed by atoms with van der Waals surface area (Å²) in [6, 6.07) is 7.26. The van der Waals surface area contributed by atoms with Crippen molar-refractivity contribution in [2.45, 2.75) is 12.5 Å². The first-order chi connectivity index (χ1) is 12.2. The Balaban J connectivity index is 1.74. The molecule has 1 radical (unpaired) electrons. The van der Waals surface area contributed by atoms with Crippen LogP contribution in [-0.2, 0) is 11.5 Å². The maximum absolute atomic E-state index is 12.9. The second-order valence-electron chi connectivity index (χ2n) is 5.85. The molecule has 25 heavy (non-hydrogen) atoms. The highest BCUT2D eigenvalue weighted by Gasteiger charge is 2.37. The number of fused-ring (bicyclic) bond motifs is 1. The summed E-state index contributed by atoms with van der Waals surface area (Å²) < 4.78 is 0. The van der Waals surface area contributed by atoms with Crippen molar-refractivity contribution in [3.8, 4) is 0 Å². The molecule has 2 aliphatic heterocycles. The van der Waals surface area contributed by atoms with Crippen LogP contribution in [0.25, 0.3) is 6.08 Å². The Morgan fingerprint density at radius 2 is 2.04 bits per heavy atom. The molecule has 127 valence electrons. The minimum absolute atomic E-state index is 0.110. The molecule has 2 aromatic heterocycles. The summed E-state index contributed by atoms with van der Waals surface area (Å²) in [7, 11) is 0. The minimum atomic E-state index is -0.506. The van der Waals surface area contributed by atoms with Crippen LogP contribution >= 0.6 is 22.7 Å². The smallest absolute Gasteiger partial charge is 0.207 e. The molecular formula is C19H15NO3S2-. The molecule has 0 spiro atoms. The van der Waals surface area contributed by atoms with Crippen LogP contribution in [0.2, 0.25) is 0 Å². The van der Waals surface area contributed by atoms with E-state index in [4.69, 9.17) is 0 Å². The van der Waals surface area contributed by atoms with E-state index in [1.807, 2.05) is 41.1 Å². The third-order valence-electron chi connectivity index (χ3n) is 4.31. The molecule has 1 N–H and O–H groups in total. The van der Waals surface area contributed by atoms with Gasteiger partial charge in [-0.15, -0.1) is 22.7 Å². The molecule has 4 rings (SSSR count). The quantitative estimate of drug-likeness (QED) is 0.901. The fourth-order valence-electron chi connectivity index (χ4n) is 3.09. The van der Waals surface area contributed by atoms with Crippen molar-refractivity contribution in [3.05, 3.63) is 85.4 Å². The van der Waals surface area contributed by atoms with E-state index < -0.39 is 6.04 Å². The molecule has 0 fully saturated rings. The molecule has 0 saturated carbocycles. The molecule has 1 unspecified atom stereocenters. The molecule has 4 nitrogen and oxygen atoms in total. The van der Waals surface area contributed by atoms with Crippen molar-refractivity contribution in [1.82, 2.24) is 4.90 Å². The molecule has 0 bridgehead atoms. The molecule has 0 saturated heterocycles. The lowest BCUT2D eigenvalue weighted by molar-refractivity contribution is -0.299. The molecule has 0 aromatic carbocycles. The summed E-state index contributed by atoms with van der Waals surface area (Å²) in [5.74, 6) is -0.236. The topological polar surface area (TPSA) is 66.4 Å². The molecule has 0 aliphatic carbocycles. The van der Waals surface area contributed by atoms with Gasteiger partial charge in [0.1, 0.15) is 0 Å². The van der Waals surface area contributed by atoms with Gasteiger partial charge in [-0.1, -0.05) is 17.9 Å². The van der Waals surface area contributed by atoms with Gasteiger partial charge in [0.2, 0.25) is 5.76 Å². The van der Waals surface area contributed by atoms with Crippen molar-refractivity contribution in [2.75, 3.05) is 6.61 Å². The highest BCUT2D eigenvalue weighted by molar-refractivity contribution is 7.10. The minimum Gasteiger partial charge on any atom is -0.871 e. The molecule has 2 aromatic rings. The third kappa shape index (κ3) is 2.93. The standard InChI is InChI=1S/C19H16NO3S2/c21-11-17-15(9-14-4-2-6-25-14)19(23)16-8-12(18(22)10-20(16)17)7-13-3-1-5-24-13/h1-6,8-10,17,21-22H,7,11H2/p-1/b15-9+. The van der Waals surface area contributed by atoms with Crippen molar-refractivity contribution >= 4 is 28.7 Å². The molecular weight excluding hydrogens is 354 g/mol. The van der Waals surface area contributed by atoms with E-state index in [9.17, 15) is 15.3 Å². The van der Waals surface area contributed by atoms with E-state index in [0.717, 1.165) is 9.75 Å². The van der Waals surface area contributed by atoms with Gasteiger partial charge in [0.15, 0.2) is 0 Å². The number of nitrogens with zero attached hydrogens (tertiary/aromatic N) is 1. The van der Waals surface area contributed by atoms with E-state index in [2.05, 4.69) is 0 Å². The van der Waals surface area contributed by atoms with Gasteiger partial charge in [-0.3, -0.25) is 5.11 Å². The zero-order valence-electron chi connectivity index (χ0n) is 13.2. The summed E-state index contributed by atoms with van der Waals surface area (Å²) in [6.07, 6.45) is 5.46. The average Bonchev–Trinajstić information content (AvgIpc) is 3.33. The van der Waals surface area contributed by atoms with Crippen molar-refractivity contribution in [3.63, 3.8) is 0 Å². The van der Waals surface area contributed by atoms with Gasteiger partial charge in [-0.2, -0.15) is 0 Å². The van der Waals surface area contributed by atoms with E-state index >= 15 is 0 Å². The third-order valence-corrected chi connectivity index (χ3v) is 6.01. The Bertz CT molecular complexity index is 889. The van der Waals surface area contributed by atoms with Crippen LogP contribution in [0.1, 0.15) is 9.75 Å². The first-order valence-electron chi connectivity index (χ1n) is 7.85. The maximum Gasteiger partial charge on any atom is 0.207 e. The van der Waals surface area contributed by atoms with E-state index in [-0.39, 0.29) is 18.1 Å². The lowest BCUT2D eigenvalue weighted by atomic mass is 10.1. The second-order valence-corrected chi connectivity index (χ2v) is 7.87. The van der Waals surface area contributed by atoms with Gasteiger partial charge in [-0.05, 0) is 46.8 Å². The molecule has 2 aliphatic rings. The number of allylic oxidation sites excluding steroid dienone is 2. The van der Waals surface area contributed by atoms with Crippen LogP contribution in [0, 0.1) is 0 Å². The lowest BCUT2D eigenvalue weighted by Crippen LogP contribution is -2.32. The number of hydrogen-bond donors (Lipinski definition) is 1. The molecule has 4 heterocycles. The maximum atomic E-state index is 12.9. The number of aliphatic hydroxyl groups is 1. The van der Waals surface area contributed by atoms with E-state index in [0.29, 0.717) is 23.3 Å². The molecule has 0 amide bonds. The molecule has 6 heteroatoms. The summed E-state index contributed by atoms with van der Waals surface area (Å²) in [5, 5.41) is 39.0. The number of aliphatic hydroxyl groups excluding tert-OH is 1. The van der Waals surface area contributed by atoms with Gasteiger partial charge < -0.3 is 15.1 Å². The summed E-state index contributed by atoms with van der Waals surface area (Å²) in [5.41, 5.74) is 1.60. The highest BCUT2D eigenvalue weighted by Crippen LogP contribution is 2.39. The summed E-state index contributed by atoms with van der Waals surface area (Å²) in [6.45, 7) is -0.218. The van der Waals surface area contributed by atoms with Gasteiger partial charge in [0, 0.05) is 21.7 Å². The normalized spacial score (nSPS) is 21.6. The Hall–Kier alpha value is -2.28. The number of thiophene rings is 2. The van der Waals surface area contributed by atoms with Gasteiger partial charge in [-0.25, -0.2) is 0 Å². The number of hydrogen-bond acceptors (Lipinski definition) is 5. The fourth-order valence-corrected chi connectivity index (χ4v) is 4.49. The van der Waals surface area contributed by atoms with Gasteiger partial charge in [0.05, 0.1) is 18.3 Å². The van der Waals surface area contributed by atoms with Crippen LogP contribution in [0.4, 0.5) is 0 Å². The van der Waals surface area contributed by atoms with Gasteiger partial charge in [0.25, 0.3) is 0 Å². The predicted octanol–water partition coefficient (Wildman–Crippen LogP) is 2.90. The van der Waals surface area contributed by atoms with E-state index in [1.165, 1.54) is 17.5 Å². The number of rotatable bonds is 4. The lowest BCUT2D eigenvalue weighted by Gasteiger charge is -2.31. The Morgan fingerprint density at radius 1 is 1.24 bits per heavy atom. The van der Waals surface area contributed by atoms with Crippen molar-refractivity contribution in [2.24, 2.45) is 0 Å². The monoisotopic (exact) mass is 369 g/mol. The van der Waals surface area contributed by atoms with Crippen molar-refractivity contribution in [1.29, 1.82) is 0 Å². The Labute approximate surface area is 153 Å². The first kappa shape index (κ1) is 16.2. The first-order valence-corrected chi connectivity index (χ1v) is 9.61. The SMILES string of the molecule is [O]C1=C2C=C(Cc3cccs3)C([O-])=CN2C(CO)/C1=C\c1cccs1. The van der Waals surface area contributed by atoms with E-state index in [1.54, 1.807) is 22.3 Å².